The Morgan fingerprint density at radius 2 is 2.28 bits per heavy atom. The number of carbonyl (C=O) groups excluding carboxylic acids is 1. The first-order valence-corrected chi connectivity index (χ1v) is 6.59. The van der Waals surface area contributed by atoms with Crippen molar-refractivity contribution >= 4 is 23.5 Å². The van der Waals surface area contributed by atoms with Crippen molar-refractivity contribution in [3.63, 3.8) is 0 Å². The van der Waals surface area contributed by atoms with Crippen molar-refractivity contribution in [2.45, 2.75) is 25.9 Å². The Kier molecular flexibility index (Phi) is 5.64. The fourth-order valence-electron chi connectivity index (χ4n) is 1.10. The van der Waals surface area contributed by atoms with Gasteiger partial charge in [-0.25, -0.2) is 14.8 Å². The third kappa shape index (κ3) is 4.37. The summed E-state index contributed by atoms with van der Waals surface area (Å²) in [7, 11) is 0. The summed E-state index contributed by atoms with van der Waals surface area (Å²) in [6, 6.07) is 0. The van der Waals surface area contributed by atoms with Gasteiger partial charge in [-0.1, -0.05) is 23.4 Å². The second-order valence-electron chi connectivity index (χ2n) is 3.76. The highest BCUT2D eigenvalue weighted by atomic mass is 32.2. The first-order valence-electron chi connectivity index (χ1n) is 5.60. The van der Waals surface area contributed by atoms with Crippen LogP contribution >= 0.6 is 11.8 Å². The SMILES string of the molecule is CCOC(=O)c1cnc(SCC=C(C)C)nc1N. The van der Waals surface area contributed by atoms with Crippen LogP contribution in [0.3, 0.4) is 0 Å². The molecule has 0 spiro atoms. The average Bonchev–Trinajstić information content (AvgIpc) is 2.28. The Morgan fingerprint density at radius 3 is 2.83 bits per heavy atom. The van der Waals surface area contributed by atoms with Crippen molar-refractivity contribution < 1.29 is 9.53 Å². The quantitative estimate of drug-likeness (QED) is 0.382. The van der Waals surface area contributed by atoms with Crippen LogP contribution < -0.4 is 5.73 Å². The number of hydrogen-bond acceptors (Lipinski definition) is 6. The number of rotatable bonds is 5. The molecule has 0 saturated carbocycles. The van der Waals surface area contributed by atoms with E-state index < -0.39 is 5.97 Å². The van der Waals surface area contributed by atoms with E-state index in [1.165, 1.54) is 23.5 Å². The molecule has 0 bridgehead atoms. The lowest BCUT2D eigenvalue weighted by atomic mass is 10.3. The van der Waals surface area contributed by atoms with Crippen LogP contribution in [0.4, 0.5) is 5.82 Å². The number of allylic oxidation sites excluding steroid dienone is 1. The zero-order valence-electron chi connectivity index (χ0n) is 10.8. The number of nitrogen functional groups attached to an aromatic ring is 1. The van der Waals surface area contributed by atoms with Crippen molar-refractivity contribution in [3.05, 3.63) is 23.4 Å². The van der Waals surface area contributed by atoms with Gasteiger partial charge in [-0.15, -0.1) is 0 Å². The maximum absolute atomic E-state index is 11.5. The molecular weight excluding hydrogens is 250 g/mol. The second kappa shape index (κ2) is 7.00. The van der Waals surface area contributed by atoms with Gasteiger partial charge < -0.3 is 10.5 Å². The van der Waals surface area contributed by atoms with Gasteiger partial charge >= 0.3 is 5.97 Å². The fourth-order valence-corrected chi connectivity index (χ4v) is 1.95. The van der Waals surface area contributed by atoms with Crippen molar-refractivity contribution in [3.8, 4) is 0 Å². The predicted molar refractivity (Wildman–Crippen MR) is 72.6 cm³/mol. The maximum atomic E-state index is 11.5. The minimum absolute atomic E-state index is 0.156. The molecule has 2 N–H and O–H groups in total. The minimum Gasteiger partial charge on any atom is -0.462 e. The molecule has 98 valence electrons. The van der Waals surface area contributed by atoms with Crippen molar-refractivity contribution in [1.82, 2.24) is 9.97 Å². The highest BCUT2D eigenvalue weighted by Gasteiger charge is 2.13. The summed E-state index contributed by atoms with van der Waals surface area (Å²) in [5.74, 6) is 0.444. The number of nitrogens with zero attached hydrogens (tertiary/aromatic N) is 2. The number of carbonyl (C=O) groups is 1. The highest BCUT2D eigenvalue weighted by Crippen LogP contribution is 2.17. The normalized spacial score (nSPS) is 9.94. The molecule has 0 amide bonds. The van der Waals surface area contributed by atoms with Crippen LogP contribution in [0.25, 0.3) is 0 Å². The first-order chi connectivity index (χ1) is 8.54. The number of anilines is 1. The van der Waals surface area contributed by atoms with Gasteiger partial charge in [0.05, 0.1) is 6.61 Å². The Hall–Kier alpha value is -1.56. The van der Waals surface area contributed by atoms with Crippen LogP contribution in [0, 0.1) is 0 Å². The standard InChI is InChI=1S/C12H17N3O2S/c1-4-17-11(16)9-7-14-12(15-10(9)13)18-6-5-8(2)3/h5,7H,4,6H2,1-3H3,(H2,13,14,15). The van der Waals surface area contributed by atoms with E-state index in [2.05, 4.69) is 16.0 Å². The first kappa shape index (κ1) is 14.5. The summed E-state index contributed by atoms with van der Waals surface area (Å²) >= 11 is 1.47. The molecule has 0 aromatic carbocycles. The summed E-state index contributed by atoms with van der Waals surface area (Å²) in [5, 5.41) is 0.554. The van der Waals surface area contributed by atoms with E-state index in [0.717, 1.165) is 5.75 Å². The molecule has 1 rings (SSSR count). The topological polar surface area (TPSA) is 78.1 Å². The molecule has 18 heavy (non-hydrogen) atoms. The molecule has 0 atom stereocenters. The van der Waals surface area contributed by atoms with Crippen LogP contribution in [0.1, 0.15) is 31.1 Å². The second-order valence-corrected chi connectivity index (χ2v) is 4.75. The van der Waals surface area contributed by atoms with E-state index in [0.29, 0.717) is 11.8 Å². The smallest absolute Gasteiger partial charge is 0.343 e. The molecule has 0 aliphatic heterocycles. The van der Waals surface area contributed by atoms with Gasteiger partial charge in [0.15, 0.2) is 5.16 Å². The van der Waals surface area contributed by atoms with E-state index in [1.807, 2.05) is 13.8 Å². The monoisotopic (exact) mass is 267 g/mol. The van der Waals surface area contributed by atoms with Gasteiger partial charge in [-0.2, -0.15) is 0 Å². The number of aromatic nitrogens is 2. The number of esters is 1. The van der Waals surface area contributed by atoms with Crippen LogP contribution in [0.15, 0.2) is 23.0 Å². The summed E-state index contributed by atoms with van der Waals surface area (Å²) in [4.78, 5) is 19.6. The van der Waals surface area contributed by atoms with Gasteiger partial charge in [-0.05, 0) is 20.8 Å². The largest absolute Gasteiger partial charge is 0.462 e. The Balaban J connectivity index is 2.73. The van der Waals surface area contributed by atoms with Gasteiger partial charge in [0.1, 0.15) is 11.4 Å². The van der Waals surface area contributed by atoms with Crippen LogP contribution in [-0.4, -0.2) is 28.3 Å². The van der Waals surface area contributed by atoms with Gasteiger partial charge in [0.2, 0.25) is 0 Å². The van der Waals surface area contributed by atoms with Gasteiger partial charge in [0, 0.05) is 11.9 Å². The molecule has 6 heteroatoms. The number of hydrogen-bond donors (Lipinski definition) is 1. The Labute approximate surface area is 111 Å². The van der Waals surface area contributed by atoms with Crippen LogP contribution in [0.5, 0.6) is 0 Å². The van der Waals surface area contributed by atoms with Gasteiger partial charge in [-0.3, -0.25) is 0 Å². The lowest BCUT2D eigenvalue weighted by molar-refractivity contribution is 0.0526. The lowest BCUT2D eigenvalue weighted by Crippen LogP contribution is -2.10. The van der Waals surface area contributed by atoms with E-state index >= 15 is 0 Å². The lowest BCUT2D eigenvalue weighted by Gasteiger charge is -2.05. The third-order valence-corrected chi connectivity index (χ3v) is 2.78. The molecule has 1 heterocycles. The average molecular weight is 267 g/mol. The van der Waals surface area contributed by atoms with Crippen LogP contribution in [0.2, 0.25) is 0 Å². The Morgan fingerprint density at radius 1 is 1.56 bits per heavy atom. The molecule has 0 unspecified atom stereocenters. The predicted octanol–water partition coefficient (Wildman–Crippen LogP) is 2.29. The van der Waals surface area contributed by atoms with Crippen molar-refractivity contribution in [1.29, 1.82) is 0 Å². The van der Waals surface area contributed by atoms with E-state index in [-0.39, 0.29) is 11.4 Å². The molecular formula is C12H17N3O2S. The molecule has 1 aromatic rings. The minimum atomic E-state index is -0.490. The third-order valence-electron chi connectivity index (χ3n) is 2.00. The zero-order chi connectivity index (χ0) is 13.5. The van der Waals surface area contributed by atoms with E-state index in [4.69, 9.17) is 10.5 Å². The number of thioether (sulfide) groups is 1. The molecule has 1 aromatic heterocycles. The fraction of sp³-hybridized carbons (Fsp3) is 0.417. The summed E-state index contributed by atoms with van der Waals surface area (Å²) in [5.41, 5.74) is 7.15. The molecule has 0 fully saturated rings. The molecule has 0 aliphatic carbocycles. The molecule has 5 nitrogen and oxygen atoms in total. The highest BCUT2D eigenvalue weighted by molar-refractivity contribution is 7.99. The number of ether oxygens (including phenoxy) is 1. The Bertz CT molecular complexity index is 457. The summed E-state index contributed by atoms with van der Waals surface area (Å²) in [6.07, 6.45) is 3.48. The van der Waals surface area contributed by atoms with Crippen molar-refractivity contribution in [2.24, 2.45) is 0 Å². The van der Waals surface area contributed by atoms with E-state index in [1.54, 1.807) is 6.92 Å². The van der Waals surface area contributed by atoms with Gasteiger partial charge in [0.25, 0.3) is 0 Å². The summed E-state index contributed by atoms with van der Waals surface area (Å²) in [6.45, 7) is 6.09. The molecule has 0 aliphatic rings. The van der Waals surface area contributed by atoms with E-state index in [9.17, 15) is 4.79 Å². The molecule has 0 radical (unpaired) electrons. The van der Waals surface area contributed by atoms with Crippen LogP contribution in [-0.2, 0) is 4.74 Å². The molecule has 0 saturated heterocycles. The van der Waals surface area contributed by atoms with Crippen molar-refractivity contribution in [2.75, 3.05) is 18.1 Å². The summed E-state index contributed by atoms with van der Waals surface area (Å²) < 4.78 is 4.85. The zero-order valence-corrected chi connectivity index (χ0v) is 11.6. The number of nitrogens with two attached hydrogens (primary N) is 1. The maximum Gasteiger partial charge on any atom is 0.343 e.